The summed E-state index contributed by atoms with van der Waals surface area (Å²) in [6, 6.07) is 12.0. The third-order valence-corrected chi connectivity index (χ3v) is 4.29. The zero-order valence-electron chi connectivity index (χ0n) is 12.1. The molecule has 1 fully saturated rings. The zero-order chi connectivity index (χ0) is 14.9. The molecule has 5 nitrogen and oxygen atoms in total. The highest BCUT2D eigenvalue weighted by atomic mass is 35.5. The van der Waals surface area contributed by atoms with Crippen LogP contribution in [0, 0.1) is 0 Å². The molecule has 1 saturated heterocycles. The average Bonchev–Trinajstić information content (AvgIpc) is 3.03. The molecule has 0 aliphatic carbocycles. The monoisotopic (exact) mass is 313 g/mol. The largest absolute Gasteiger partial charge is 0.368 e. The second kappa shape index (κ2) is 5.50. The first-order valence-electron chi connectivity index (χ1n) is 7.35. The Bertz CT molecular complexity index is 775. The average molecular weight is 314 g/mol. The Hall–Kier alpha value is -2.27. The number of anilines is 2. The highest BCUT2D eigenvalue weighted by molar-refractivity contribution is 6.30. The first kappa shape index (κ1) is 13.4. The fraction of sp³-hybridized carbons (Fsp3) is 0.250. The Morgan fingerprint density at radius 3 is 2.36 bits per heavy atom. The number of nitrogens with zero attached hydrogens (tertiary/aromatic N) is 5. The van der Waals surface area contributed by atoms with Crippen LogP contribution in [-0.4, -0.2) is 40.8 Å². The van der Waals surface area contributed by atoms with Crippen molar-refractivity contribution in [1.82, 2.24) is 14.6 Å². The third-order valence-electron chi connectivity index (χ3n) is 4.04. The molecule has 22 heavy (non-hydrogen) atoms. The van der Waals surface area contributed by atoms with Crippen LogP contribution in [0.25, 0.3) is 5.65 Å². The van der Waals surface area contributed by atoms with Gasteiger partial charge in [-0.1, -0.05) is 11.6 Å². The molecule has 0 amide bonds. The summed E-state index contributed by atoms with van der Waals surface area (Å²) in [4.78, 5) is 9.36. The lowest BCUT2D eigenvalue weighted by Gasteiger charge is -2.36. The van der Waals surface area contributed by atoms with Crippen LogP contribution >= 0.6 is 11.6 Å². The van der Waals surface area contributed by atoms with Gasteiger partial charge < -0.3 is 9.80 Å². The van der Waals surface area contributed by atoms with Gasteiger partial charge in [0.1, 0.15) is 5.82 Å². The van der Waals surface area contributed by atoms with Crippen molar-refractivity contribution in [2.75, 3.05) is 36.0 Å². The van der Waals surface area contributed by atoms with Crippen LogP contribution in [0.1, 0.15) is 0 Å². The van der Waals surface area contributed by atoms with E-state index in [0.29, 0.717) is 0 Å². The number of benzene rings is 1. The van der Waals surface area contributed by atoms with E-state index in [0.717, 1.165) is 42.7 Å². The number of aromatic nitrogens is 3. The number of hydrogen-bond acceptors (Lipinski definition) is 4. The molecular weight excluding hydrogens is 298 g/mol. The van der Waals surface area contributed by atoms with Gasteiger partial charge in [0.15, 0.2) is 5.65 Å². The van der Waals surface area contributed by atoms with Crippen LogP contribution in [0.4, 0.5) is 11.5 Å². The van der Waals surface area contributed by atoms with Gasteiger partial charge in [-0.2, -0.15) is 5.10 Å². The standard InChI is InChI=1S/C16H16ClN5/c17-13-1-3-14(4-2-13)20-9-11-21(12-10-20)15-6-8-22-16(19-15)5-7-18-22/h1-8H,9-12H2. The zero-order valence-corrected chi connectivity index (χ0v) is 12.8. The Balaban J connectivity index is 1.47. The summed E-state index contributed by atoms with van der Waals surface area (Å²) in [6.45, 7) is 3.88. The van der Waals surface area contributed by atoms with Crippen molar-refractivity contribution in [3.8, 4) is 0 Å². The summed E-state index contributed by atoms with van der Waals surface area (Å²) in [6.07, 6.45) is 3.73. The van der Waals surface area contributed by atoms with Gasteiger partial charge in [-0.05, 0) is 30.3 Å². The number of rotatable bonds is 2. The third kappa shape index (κ3) is 2.48. The van der Waals surface area contributed by atoms with Crippen LogP contribution in [0.5, 0.6) is 0 Å². The van der Waals surface area contributed by atoms with E-state index in [1.54, 1.807) is 10.7 Å². The molecule has 0 radical (unpaired) electrons. The molecule has 1 aromatic carbocycles. The summed E-state index contributed by atoms with van der Waals surface area (Å²) in [5, 5.41) is 4.96. The summed E-state index contributed by atoms with van der Waals surface area (Å²) < 4.78 is 1.79. The molecule has 3 aromatic rings. The SMILES string of the molecule is Clc1ccc(N2CCN(c3ccn4nccc4n3)CC2)cc1. The van der Waals surface area contributed by atoms with Gasteiger partial charge in [0.05, 0.1) is 6.20 Å². The van der Waals surface area contributed by atoms with Gasteiger partial charge in [-0.15, -0.1) is 0 Å². The van der Waals surface area contributed by atoms with E-state index in [1.165, 1.54) is 5.69 Å². The molecule has 0 saturated carbocycles. The van der Waals surface area contributed by atoms with Gasteiger partial charge in [0, 0.05) is 49.2 Å². The van der Waals surface area contributed by atoms with Crippen molar-refractivity contribution in [3.63, 3.8) is 0 Å². The topological polar surface area (TPSA) is 36.7 Å². The Kier molecular flexibility index (Phi) is 3.35. The lowest BCUT2D eigenvalue weighted by molar-refractivity contribution is 0.647. The van der Waals surface area contributed by atoms with Crippen LogP contribution in [0.15, 0.2) is 48.8 Å². The fourth-order valence-corrected chi connectivity index (χ4v) is 2.95. The molecule has 0 spiro atoms. The van der Waals surface area contributed by atoms with Crippen molar-refractivity contribution in [2.45, 2.75) is 0 Å². The first-order valence-corrected chi connectivity index (χ1v) is 7.73. The predicted octanol–water partition coefficient (Wildman–Crippen LogP) is 2.71. The minimum Gasteiger partial charge on any atom is -0.368 e. The smallest absolute Gasteiger partial charge is 0.157 e. The Labute approximate surface area is 133 Å². The quantitative estimate of drug-likeness (QED) is 0.729. The van der Waals surface area contributed by atoms with Crippen molar-refractivity contribution in [1.29, 1.82) is 0 Å². The highest BCUT2D eigenvalue weighted by Gasteiger charge is 2.18. The summed E-state index contributed by atoms with van der Waals surface area (Å²) in [5.74, 6) is 1.02. The molecule has 2 aromatic heterocycles. The van der Waals surface area contributed by atoms with E-state index in [9.17, 15) is 0 Å². The Morgan fingerprint density at radius 2 is 1.59 bits per heavy atom. The molecule has 1 aliphatic rings. The van der Waals surface area contributed by atoms with E-state index in [-0.39, 0.29) is 0 Å². The molecule has 4 rings (SSSR count). The lowest BCUT2D eigenvalue weighted by Crippen LogP contribution is -2.46. The molecule has 6 heteroatoms. The molecular formula is C16H16ClN5. The van der Waals surface area contributed by atoms with Crippen molar-refractivity contribution >= 4 is 28.8 Å². The van der Waals surface area contributed by atoms with E-state index >= 15 is 0 Å². The van der Waals surface area contributed by atoms with Gasteiger partial charge in [-0.3, -0.25) is 0 Å². The number of fused-ring (bicyclic) bond motifs is 1. The lowest BCUT2D eigenvalue weighted by atomic mass is 10.2. The van der Waals surface area contributed by atoms with Crippen molar-refractivity contribution in [2.24, 2.45) is 0 Å². The predicted molar refractivity (Wildman–Crippen MR) is 88.9 cm³/mol. The summed E-state index contributed by atoms with van der Waals surface area (Å²) in [5.41, 5.74) is 2.11. The molecule has 0 bridgehead atoms. The second-order valence-electron chi connectivity index (χ2n) is 5.37. The van der Waals surface area contributed by atoms with Crippen LogP contribution in [-0.2, 0) is 0 Å². The molecule has 3 heterocycles. The van der Waals surface area contributed by atoms with Gasteiger partial charge in [0.25, 0.3) is 0 Å². The van der Waals surface area contributed by atoms with Crippen LogP contribution in [0.2, 0.25) is 5.02 Å². The van der Waals surface area contributed by atoms with Crippen molar-refractivity contribution < 1.29 is 0 Å². The fourth-order valence-electron chi connectivity index (χ4n) is 2.82. The molecule has 0 atom stereocenters. The van der Waals surface area contributed by atoms with E-state index in [2.05, 4.69) is 32.0 Å². The normalized spacial score (nSPS) is 15.5. The minimum atomic E-state index is 0.778. The van der Waals surface area contributed by atoms with E-state index in [4.69, 9.17) is 11.6 Å². The summed E-state index contributed by atoms with van der Waals surface area (Å²) >= 11 is 5.95. The number of hydrogen-bond donors (Lipinski definition) is 0. The van der Waals surface area contributed by atoms with Gasteiger partial charge in [-0.25, -0.2) is 9.50 Å². The maximum absolute atomic E-state index is 5.95. The first-order chi connectivity index (χ1) is 10.8. The number of piperazine rings is 1. The molecule has 0 N–H and O–H groups in total. The second-order valence-corrected chi connectivity index (χ2v) is 5.81. The maximum atomic E-state index is 5.95. The number of halogens is 1. The van der Waals surface area contributed by atoms with Gasteiger partial charge >= 0.3 is 0 Å². The van der Waals surface area contributed by atoms with E-state index < -0.39 is 0 Å². The molecule has 1 aliphatic heterocycles. The molecule has 0 unspecified atom stereocenters. The molecule has 112 valence electrons. The Morgan fingerprint density at radius 1 is 0.864 bits per heavy atom. The van der Waals surface area contributed by atoms with Gasteiger partial charge in [0.2, 0.25) is 0 Å². The highest BCUT2D eigenvalue weighted by Crippen LogP contribution is 2.21. The minimum absolute atomic E-state index is 0.778. The summed E-state index contributed by atoms with van der Waals surface area (Å²) in [7, 11) is 0. The maximum Gasteiger partial charge on any atom is 0.157 e. The van der Waals surface area contributed by atoms with E-state index in [1.807, 2.05) is 30.5 Å². The van der Waals surface area contributed by atoms with Crippen LogP contribution < -0.4 is 9.80 Å². The van der Waals surface area contributed by atoms with Crippen molar-refractivity contribution in [3.05, 3.63) is 53.8 Å². The van der Waals surface area contributed by atoms with Crippen LogP contribution in [0.3, 0.4) is 0 Å².